The zero-order chi connectivity index (χ0) is 17.8. The van der Waals surface area contributed by atoms with Crippen molar-refractivity contribution in [1.82, 2.24) is 4.57 Å². The van der Waals surface area contributed by atoms with Gasteiger partial charge in [-0.1, -0.05) is 12.1 Å². The van der Waals surface area contributed by atoms with E-state index in [2.05, 4.69) is 0 Å². The van der Waals surface area contributed by atoms with Gasteiger partial charge in [0.2, 0.25) is 0 Å². The van der Waals surface area contributed by atoms with Crippen LogP contribution >= 0.6 is 0 Å². The number of nitrogens with zero attached hydrogens (tertiary/aromatic N) is 3. The van der Waals surface area contributed by atoms with Gasteiger partial charge in [0.1, 0.15) is 17.4 Å². The van der Waals surface area contributed by atoms with Crippen molar-refractivity contribution in [3.8, 4) is 23.4 Å². The first-order valence-corrected chi connectivity index (χ1v) is 7.51. The Morgan fingerprint density at radius 1 is 0.880 bits per heavy atom. The molecule has 5 heteroatoms. The van der Waals surface area contributed by atoms with Crippen molar-refractivity contribution in [2.24, 2.45) is 0 Å². The zero-order valence-corrected chi connectivity index (χ0v) is 13.1. The maximum atomic E-state index is 13.2. The smallest absolute Gasteiger partial charge is 0.269 e. The lowest BCUT2D eigenvalue weighted by Gasteiger charge is -2.14. The van der Waals surface area contributed by atoms with E-state index in [1.54, 1.807) is 42.5 Å². The van der Waals surface area contributed by atoms with Crippen molar-refractivity contribution in [3.63, 3.8) is 0 Å². The van der Waals surface area contributed by atoms with Crippen molar-refractivity contribution in [2.45, 2.75) is 6.54 Å². The molecule has 1 heterocycles. The lowest BCUT2D eigenvalue weighted by Crippen LogP contribution is -2.24. The molecule has 4 nitrogen and oxygen atoms in total. The summed E-state index contributed by atoms with van der Waals surface area (Å²) in [5.41, 5.74) is 2.25. The summed E-state index contributed by atoms with van der Waals surface area (Å²) < 4.78 is 14.7. The molecule has 25 heavy (non-hydrogen) atoms. The van der Waals surface area contributed by atoms with Gasteiger partial charge in [0.05, 0.1) is 23.9 Å². The summed E-state index contributed by atoms with van der Waals surface area (Å²) >= 11 is 0. The number of nitriles is 2. The number of aromatic nitrogens is 1. The van der Waals surface area contributed by atoms with Crippen LogP contribution in [0.4, 0.5) is 4.39 Å². The maximum Gasteiger partial charge on any atom is 0.269 e. The minimum atomic E-state index is -0.409. The van der Waals surface area contributed by atoms with Gasteiger partial charge in [-0.05, 0) is 59.7 Å². The van der Waals surface area contributed by atoms with Crippen LogP contribution in [0, 0.1) is 28.5 Å². The van der Waals surface area contributed by atoms with Gasteiger partial charge in [-0.2, -0.15) is 10.5 Å². The fraction of sp³-hybridized carbons (Fsp3) is 0.0500. The Morgan fingerprint density at radius 3 is 2.16 bits per heavy atom. The van der Waals surface area contributed by atoms with Crippen molar-refractivity contribution in [3.05, 3.63) is 93.5 Å². The van der Waals surface area contributed by atoms with Crippen molar-refractivity contribution < 1.29 is 4.39 Å². The normalized spacial score (nSPS) is 10.0. The third kappa shape index (κ3) is 3.31. The molecule has 3 rings (SSSR count). The van der Waals surface area contributed by atoms with E-state index in [4.69, 9.17) is 10.5 Å². The summed E-state index contributed by atoms with van der Waals surface area (Å²) in [5.74, 6) is -0.363. The molecule has 0 saturated heterocycles. The monoisotopic (exact) mass is 329 g/mol. The van der Waals surface area contributed by atoms with E-state index in [0.717, 1.165) is 5.56 Å². The Hall–Kier alpha value is -3.70. The Bertz CT molecular complexity index is 1050. The van der Waals surface area contributed by atoms with E-state index in [1.807, 2.05) is 12.1 Å². The molecule has 0 spiro atoms. The fourth-order valence-corrected chi connectivity index (χ4v) is 2.56. The summed E-state index contributed by atoms with van der Waals surface area (Å²) in [5, 5.41) is 18.0. The minimum Gasteiger partial charge on any atom is -0.303 e. The molecule has 120 valence electrons. The quantitative estimate of drug-likeness (QED) is 0.739. The summed E-state index contributed by atoms with van der Waals surface area (Å²) in [7, 11) is 0. The largest absolute Gasteiger partial charge is 0.303 e. The first-order chi connectivity index (χ1) is 12.1. The molecule has 2 aromatic carbocycles. The van der Waals surface area contributed by atoms with E-state index in [1.165, 1.54) is 22.8 Å². The van der Waals surface area contributed by atoms with Crippen LogP contribution in [0.25, 0.3) is 11.3 Å². The molecule has 1 aromatic heterocycles. The van der Waals surface area contributed by atoms with Crippen molar-refractivity contribution >= 4 is 0 Å². The van der Waals surface area contributed by atoms with Gasteiger partial charge in [0, 0.05) is 0 Å². The molecule has 0 aliphatic carbocycles. The van der Waals surface area contributed by atoms with Gasteiger partial charge >= 0.3 is 0 Å². The number of hydrogen-bond acceptors (Lipinski definition) is 3. The number of halogens is 1. The summed E-state index contributed by atoms with van der Waals surface area (Å²) in [6, 6.07) is 19.8. The highest BCUT2D eigenvalue weighted by molar-refractivity contribution is 5.60. The number of hydrogen-bond donors (Lipinski definition) is 0. The SMILES string of the molecule is N#Cc1ccc(Cn2c(-c3ccc(F)cc3)ccc(C#N)c2=O)cc1. The van der Waals surface area contributed by atoms with Crippen molar-refractivity contribution in [2.75, 3.05) is 0 Å². The molecule has 0 aliphatic heterocycles. The summed E-state index contributed by atoms with van der Waals surface area (Å²) in [6.45, 7) is 0.243. The predicted molar refractivity (Wildman–Crippen MR) is 91.1 cm³/mol. The molecule has 0 aliphatic rings. The molecule has 0 fully saturated rings. The highest BCUT2D eigenvalue weighted by Gasteiger charge is 2.11. The summed E-state index contributed by atoms with van der Waals surface area (Å²) in [6.07, 6.45) is 0. The second kappa shape index (κ2) is 6.82. The van der Waals surface area contributed by atoms with Crippen LogP contribution in [0.2, 0.25) is 0 Å². The van der Waals surface area contributed by atoms with E-state index in [-0.39, 0.29) is 17.9 Å². The molecular formula is C20H12FN3O. The number of pyridine rings is 1. The first-order valence-electron chi connectivity index (χ1n) is 7.51. The standard InChI is InChI=1S/C20H12FN3O/c21-18-8-5-16(6-9-18)19-10-7-17(12-23)20(25)24(19)13-15-3-1-14(11-22)2-4-15/h1-10H,13H2. The van der Waals surface area contributed by atoms with Crippen LogP contribution in [0.15, 0.2) is 65.5 Å². The van der Waals surface area contributed by atoms with Gasteiger partial charge in [0.15, 0.2) is 0 Å². The number of rotatable bonds is 3. The van der Waals surface area contributed by atoms with Gasteiger partial charge in [0.25, 0.3) is 5.56 Å². The topological polar surface area (TPSA) is 69.6 Å². The Kier molecular flexibility index (Phi) is 4.41. The Balaban J connectivity index is 2.12. The average molecular weight is 329 g/mol. The van der Waals surface area contributed by atoms with Crippen LogP contribution < -0.4 is 5.56 Å². The first kappa shape index (κ1) is 16.2. The molecule has 0 radical (unpaired) electrons. The highest BCUT2D eigenvalue weighted by Crippen LogP contribution is 2.20. The van der Waals surface area contributed by atoms with E-state index in [0.29, 0.717) is 16.8 Å². The molecule has 3 aromatic rings. The third-order valence-electron chi connectivity index (χ3n) is 3.86. The lowest BCUT2D eigenvalue weighted by atomic mass is 10.1. The summed E-state index contributed by atoms with van der Waals surface area (Å²) in [4.78, 5) is 12.6. The zero-order valence-electron chi connectivity index (χ0n) is 13.1. The van der Waals surface area contributed by atoms with E-state index in [9.17, 15) is 9.18 Å². The fourth-order valence-electron chi connectivity index (χ4n) is 2.56. The van der Waals surface area contributed by atoms with Crippen LogP contribution in [0.3, 0.4) is 0 Å². The maximum absolute atomic E-state index is 13.2. The Morgan fingerprint density at radius 2 is 1.56 bits per heavy atom. The van der Waals surface area contributed by atoms with Crippen molar-refractivity contribution in [1.29, 1.82) is 10.5 Å². The molecule has 0 amide bonds. The van der Waals surface area contributed by atoms with Gasteiger partial charge in [-0.3, -0.25) is 4.79 Å². The Labute approximate surface area is 143 Å². The molecule has 0 unspecified atom stereocenters. The predicted octanol–water partition coefficient (Wildman–Crippen LogP) is 3.45. The molecular weight excluding hydrogens is 317 g/mol. The van der Waals surface area contributed by atoms with E-state index < -0.39 is 5.56 Å². The number of benzene rings is 2. The molecule has 0 bridgehead atoms. The van der Waals surface area contributed by atoms with E-state index >= 15 is 0 Å². The van der Waals surface area contributed by atoms with Crippen LogP contribution in [0.1, 0.15) is 16.7 Å². The van der Waals surface area contributed by atoms with Gasteiger partial charge in [-0.15, -0.1) is 0 Å². The van der Waals surface area contributed by atoms with Crippen LogP contribution in [-0.4, -0.2) is 4.57 Å². The lowest BCUT2D eigenvalue weighted by molar-refractivity contribution is 0.628. The van der Waals surface area contributed by atoms with Gasteiger partial charge in [-0.25, -0.2) is 4.39 Å². The second-order valence-corrected chi connectivity index (χ2v) is 5.45. The average Bonchev–Trinajstić information content (AvgIpc) is 2.65. The highest BCUT2D eigenvalue weighted by atomic mass is 19.1. The minimum absolute atomic E-state index is 0.0412. The van der Waals surface area contributed by atoms with Crippen LogP contribution in [-0.2, 0) is 6.54 Å². The molecule has 0 atom stereocenters. The molecule has 0 N–H and O–H groups in total. The van der Waals surface area contributed by atoms with Gasteiger partial charge < -0.3 is 4.57 Å². The molecule has 0 saturated carbocycles. The van der Waals surface area contributed by atoms with Crippen LogP contribution in [0.5, 0.6) is 0 Å². The third-order valence-corrected chi connectivity index (χ3v) is 3.86. The second-order valence-electron chi connectivity index (χ2n) is 5.45.